The number of thiophene rings is 1. The van der Waals surface area contributed by atoms with Crippen molar-refractivity contribution in [3.63, 3.8) is 0 Å². The number of carbonyl (C=O) groups excluding carboxylic acids is 1. The van der Waals surface area contributed by atoms with Gasteiger partial charge in [-0.3, -0.25) is 14.3 Å². The largest absolute Gasteiger partial charge is 0.400 e. The van der Waals surface area contributed by atoms with Gasteiger partial charge in [-0.2, -0.15) is 0 Å². The number of halogens is 1. The van der Waals surface area contributed by atoms with E-state index in [1.54, 1.807) is 0 Å². The predicted molar refractivity (Wildman–Crippen MR) is 140 cm³/mol. The fourth-order valence-electron chi connectivity index (χ4n) is 3.61. The average Bonchev–Trinajstić information content (AvgIpc) is 3.47. The van der Waals surface area contributed by atoms with Crippen molar-refractivity contribution < 1.29 is 53.5 Å². The molecule has 0 aliphatic carbocycles. The molecule has 0 amide bonds. The van der Waals surface area contributed by atoms with Gasteiger partial charge in [-0.05, 0) is 36.1 Å². The van der Waals surface area contributed by atoms with Gasteiger partial charge in [0, 0.05) is 20.6 Å². The Labute approximate surface area is 238 Å². The van der Waals surface area contributed by atoms with E-state index in [9.17, 15) is 30.0 Å². The number of ketones is 1. The van der Waals surface area contributed by atoms with Crippen molar-refractivity contribution >= 4 is 64.3 Å². The number of sulfonamides is 1. The van der Waals surface area contributed by atoms with Crippen molar-refractivity contribution in [1.82, 2.24) is 5.16 Å². The van der Waals surface area contributed by atoms with E-state index in [4.69, 9.17) is 35.1 Å². The molecule has 19 heteroatoms. The molecule has 1 aromatic carbocycles. The SMILES string of the molecule is COC(S(=O)(=O)c1cccc(CC(=O)c2sccc2S(=O)(=O)Nc2onc(C)c2Cl)c1)S(=O)(=O)C1(OC)OCO1. The van der Waals surface area contributed by atoms with Crippen LogP contribution in [0.1, 0.15) is 20.9 Å². The van der Waals surface area contributed by atoms with Gasteiger partial charge in [0.1, 0.15) is 15.6 Å². The molecule has 14 nitrogen and oxygen atoms in total. The first-order chi connectivity index (χ1) is 18.7. The second-order valence-corrected chi connectivity index (χ2v) is 15.4. The Morgan fingerprint density at radius 3 is 2.42 bits per heavy atom. The number of aromatic nitrogens is 1. The van der Waals surface area contributed by atoms with Crippen molar-refractivity contribution in [2.45, 2.75) is 33.2 Å². The lowest BCUT2D eigenvalue weighted by molar-refractivity contribution is -0.446. The van der Waals surface area contributed by atoms with Crippen LogP contribution in [0.2, 0.25) is 5.02 Å². The van der Waals surface area contributed by atoms with E-state index >= 15 is 0 Å². The number of sulfone groups is 2. The molecule has 1 saturated heterocycles. The van der Waals surface area contributed by atoms with Gasteiger partial charge >= 0.3 is 5.31 Å². The summed E-state index contributed by atoms with van der Waals surface area (Å²) in [6, 6.07) is 6.11. The van der Waals surface area contributed by atoms with E-state index in [2.05, 4.69) is 9.88 Å². The monoisotopic (exact) mass is 656 g/mol. The highest BCUT2D eigenvalue weighted by Crippen LogP contribution is 2.37. The third-order valence-corrected chi connectivity index (χ3v) is 13.4. The molecule has 1 fully saturated rings. The summed E-state index contributed by atoms with van der Waals surface area (Å²) in [4.78, 5) is 12.1. The normalized spacial score (nSPS) is 16.3. The van der Waals surface area contributed by atoms with Gasteiger partial charge in [-0.1, -0.05) is 28.9 Å². The summed E-state index contributed by atoms with van der Waals surface area (Å²) in [5, 5.41) is 2.25. The number of anilines is 1. The summed E-state index contributed by atoms with van der Waals surface area (Å²) in [6.45, 7) is 1.06. The van der Waals surface area contributed by atoms with Crippen LogP contribution in [0.15, 0.2) is 50.0 Å². The fraction of sp³-hybridized carbons (Fsp3) is 0.333. The Bertz CT molecular complexity index is 1750. The Balaban J connectivity index is 1.60. The van der Waals surface area contributed by atoms with Crippen LogP contribution in [-0.4, -0.2) is 67.3 Å². The molecule has 4 rings (SSSR count). The van der Waals surface area contributed by atoms with Gasteiger partial charge < -0.3 is 14.0 Å². The summed E-state index contributed by atoms with van der Waals surface area (Å²) in [7, 11) is -12.1. The quantitative estimate of drug-likeness (QED) is 0.279. The van der Waals surface area contributed by atoms with Gasteiger partial charge in [0.2, 0.25) is 9.84 Å². The van der Waals surface area contributed by atoms with Crippen molar-refractivity contribution in [2.24, 2.45) is 0 Å². The Hall–Kier alpha value is -2.42. The summed E-state index contributed by atoms with van der Waals surface area (Å²) < 4.78 is 102. The standard InChI is InChI=1S/C21H21ClN2O12S4/c1-12-17(22)19(36-23-12)24-40(30,31)16-7-8-37-18(16)15(25)10-13-5-4-6-14(9-13)38(26,27)20(32-2)39(28,29)21(33-3)34-11-35-21/h4-9,20,24H,10-11H2,1-3H3. The molecule has 0 spiro atoms. The summed E-state index contributed by atoms with van der Waals surface area (Å²) >= 11 is 6.83. The number of hydrogen-bond acceptors (Lipinski definition) is 14. The maximum Gasteiger partial charge on any atom is 0.400 e. The van der Waals surface area contributed by atoms with Crippen LogP contribution in [0, 0.1) is 6.92 Å². The molecule has 0 bridgehead atoms. The number of nitrogens with one attached hydrogen (secondary N) is 1. The first-order valence-electron chi connectivity index (χ1n) is 10.9. The number of hydrogen-bond donors (Lipinski definition) is 1. The molecule has 1 atom stereocenters. The Kier molecular flexibility index (Phi) is 8.48. The lowest BCUT2D eigenvalue weighted by Gasteiger charge is -2.39. The summed E-state index contributed by atoms with van der Waals surface area (Å²) in [5.41, 5.74) is 0.402. The van der Waals surface area contributed by atoms with Crippen molar-refractivity contribution in [1.29, 1.82) is 0 Å². The maximum atomic E-state index is 13.3. The molecule has 1 aliphatic heterocycles. The molecule has 1 unspecified atom stereocenters. The highest BCUT2D eigenvalue weighted by atomic mass is 35.5. The highest BCUT2D eigenvalue weighted by Gasteiger charge is 2.61. The summed E-state index contributed by atoms with van der Waals surface area (Å²) in [6.07, 6.45) is -0.423. The molecule has 0 radical (unpaired) electrons. The molecule has 2 aromatic heterocycles. The van der Waals surface area contributed by atoms with E-state index < -0.39 is 63.7 Å². The fourth-order valence-corrected chi connectivity index (χ4v) is 10.4. The van der Waals surface area contributed by atoms with Crippen LogP contribution in [0.25, 0.3) is 0 Å². The first-order valence-corrected chi connectivity index (χ1v) is 16.7. The van der Waals surface area contributed by atoms with Crippen LogP contribution in [0.5, 0.6) is 0 Å². The first kappa shape index (κ1) is 30.5. The number of nitrogens with zero attached hydrogens (tertiary/aromatic N) is 1. The molecule has 3 aromatic rings. The molecule has 40 heavy (non-hydrogen) atoms. The van der Waals surface area contributed by atoms with Crippen LogP contribution in [0.4, 0.5) is 5.88 Å². The third-order valence-electron chi connectivity index (χ3n) is 5.55. The predicted octanol–water partition coefficient (Wildman–Crippen LogP) is 2.30. The minimum Gasteiger partial charge on any atom is -0.352 e. The zero-order valence-electron chi connectivity index (χ0n) is 20.8. The van der Waals surface area contributed by atoms with Gasteiger partial charge in [0.05, 0.1) is 9.77 Å². The molecule has 0 saturated carbocycles. The molecule has 3 heterocycles. The van der Waals surface area contributed by atoms with Gasteiger partial charge in [0.25, 0.3) is 30.5 Å². The number of aryl methyl sites for hydroxylation is 1. The van der Waals surface area contributed by atoms with Gasteiger partial charge in [0.15, 0.2) is 12.6 Å². The van der Waals surface area contributed by atoms with Crippen LogP contribution < -0.4 is 4.72 Å². The van der Waals surface area contributed by atoms with E-state index in [1.165, 1.54) is 30.5 Å². The van der Waals surface area contributed by atoms with E-state index in [0.717, 1.165) is 37.7 Å². The van der Waals surface area contributed by atoms with Crippen LogP contribution in [0.3, 0.4) is 0 Å². The maximum absolute atomic E-state index is 13.3. The van der Waals surface area contributed by atoms with E-state index in [0.29, 0.717) is 0 Å². The van der Waals surface area contributed by atoms with Crippen LogP contribution in [-0.2, 0) is 55.1 Å². The smallest absolute Gasteiger partial charge is 0.352 e. The number of methoxy groups -OCH3 is 2. The van der Waals surface area contributed by atoms with E-state index in [1.807, 2.05) is 0 Å². The number of Topliss-reactive ketones (excluding diaryl/α,β-unsaturated/α-hetero) is 1. The zero-order valence-corrected chi connectivity index (χ0v) is 24.8. The van der Waals surface area contributed by atoms with Crippen molar-refractivity contribution in [3.05, 3.63) is 56.9 Å². The molecular weight excluding hydrogens is 636 g/mol. The lowest BCUT2D eigenvalue weighted by atomic mass is 10.1. The third kappa shape index (κ3) is 5.30. The Morgan fingerprint density at radius 1 is 1.18 bits per heavy atom. The Morgan fingerprint density at radius 2 is 1.88 bits per heavy atom. The highest BCUT2D eigenvalue weighted by molar-refractivity contribution is 8.09. The number of benzene rings is 1. The molecule has 1 aliphatic rings. The molecular formula is C21H21ClN2O12S4. The van der Waals surface area contributed by atoms with Gasteiger partial charge in [-0.25, -0.2) is 30.0 Å². The molecule has 218 valence electrons. The number of ether oxygens (including phenoxy) is 4. The van der Waals surface area contributed by atoms with E-state index in [-0.39, 0.29) is 31.9 Å². The second-order valence-electron chi connectivity index (χ2n) is 8.10. The van der Waals surface area contributed by atoms with Gasteiger partial charge in [-0.15, -0.1) is 11.3 Å². The van der Waals surface area contributed by atoms with Crippen LogP contribution >= 0.6 is 22.9 Å². The van der Waals surface area contributed by atoms with Crippen molar-refractivity contribution in [2.75, 3.05) is 25.7 Å². The topological polar surface area (TPSA) is 194 Å². The lowest BCUT2D eigenvalue weighted by Crippen LogP contribution is -2.59. The second kappa shape index (κ2) is 11.1. The van der Waals surface area contributed by atoms with Crippen molar-refractivity contribution in [3.8, 4) is 0 Å². The number of rotatable bonds is 12. The zero-order chi connectivity index (χ0) is 29.5. The average molecular weight is 657 g/mol. The number of carbonyl (C=O) groups is 1. The summed E-state index contributed by atoms with van der Waals surface area (Å²) in [5.74, 6) is -0.979. The molecule has 1 N–H and O–H groups in total. The minimum absolute atomic E-state index is 0.0482. The minimum atomic E-state index is -4.89.